The molecule has 0 heterocycles. The van der Waals surface area contributed by atoms with Gasteiger partial charge in [-0.15, -0.1) is 0 Å². The predicted molar refractivity (Wildman–Crippen MR) is 121 cm³/mol. The third-order valence-corrected chi connectivity index (χ3v) is 7.66. The van der Waals surface area contributed by atoms with Crippen molar-refractivity contribution in [3.05, 3.63) is 22.5 Å². The summed E-state index contributed by atoms with van der Waals surface area (Å²) in [5.74, 6) is -2.23. The van der Waals surface area contributed by atoms with E-state index in [0.29, 0.717) is 18.6 Å². The highest BCUT2D eigenvalue weighted by molar-refractivity contribution is 6.25. The van der Waals surface area contributed by atoms with Crippen molar-refractivity contribution in [2.75, 3.05) is 6.61 Å². The van der Waals surface area contributed by atoms with Crippen LogP contribution in [-0.2, 0) is 23.9 Å². The fourth-order valence-corrected chi connectivity index (χ4v) is 6.47. The molecule has 0 radical (unpaired) electrons. The van der Waals surface area contributed by atoms with Crippen LogP contribution in [0.15, 0.2) is 22.5 Å². The molecule has 3 aliphatic carbocycles. The Labute approximate surface area is 191 Å². The molecule has 1 unspecified atom stereocenters. The standard InChI is InChI=1S/C26H38O6/c1-8-9-13-31-22-17-18(21(30)20(29)16(14(2)3)19(17)28)26(7)12-10-11-25(5,6)24(26)23(22)32-15(4)27/h14,22-24,29H,8-13H2,1-7H3/t22-,23-,24?,26+/m0/s1. The smallest absolute Gasteiger partial charge is 0.303 e. The summed E-state index contributed by atoms with van der Waals surface area (Å²) in [6, 6.07) is 0. The second-order valence-electron chi connectivity index (χ2n) is 10.8. The van der Waals surface area contributed by atoms with Gasteiger partial charge in [0.2, 0.25) is 5.78 Å². The monoisotopic (exact) mass is 446 g/mol. The molecule has 178 valence electrons. The molecule has 0 spiro atoms. The molecule has 1 saturated carbocycles. The Morgan fingerprint density at radius 3 is 2.38 bits per heavy atom. The molecule has 6 heteroatoms. The maximum atomic E-state index is 13.8. The van der Waals surface area contributed by atoms with Crippen LogP contribution in [0.4, 0.5) is 0 Å². The second-order valence-corrected chi connectivity index (χ2v) is 10.8. The van der Waals surface area contributed by atoms with Gasteiger partial charge < -0.3 is 14.6 Å². The molecular weight excluding hydrogens is 408 g/mol. The largest absolute Gasteiger partial charge is 0.504 e. The number of rotatable bonds is 6. The van der Waals surface area contributed by atoms with Crippen molar-refractivity contribution < 1.29 is 29.0 Å². The van der Waals surface area contributed by atoms with E-state index in [2.05, 4.69) is 13.8 Å². The molecule has 32 heavy (non-hydrogen) atoms. The van der Waals surface area contributed by atoms with Crippen LogP contribution in [0.1, 0.15) is 80.6 Å². The third-order valence-electron chi connectivity index (χ3n) is 7.66. The van der Waals surface area contributed by atoms with Gasteiger partial charge in [0.05, 0.1) is 0 Å². The van der Waals surface area contributed by atoms with E-state index in [4.69, 9.17) is 9.47 Å². The first-order chi connectivity index (χ1) is 14.9. The highest BCUT2D eigenvalue weighted by Gasteiger charge is 2.63. The number of carbonyl (C=O) groups is 3. The van der Waals surface area contributed by atoms with E-state index in [-0.39, 0.29) is 34.2 Å². The Balaban J connectivity index is 2.29. The zero-order valence-corrected chi connectivity index (χ0v) is 20.5. The number of hydrogen-bond donors (Lipinski definition) is 1. The highest BCUT2D eigenvalue weighted by atomic mass is 16.6. The average Bonchev–Trinajstić information content (AvgIpc) is 2.66. The molecule has 0 aromatic rings. The van der Waals surface area contributed by atoms with Gasteiger partial charge in [-0.2, -0.15) is 0 Å². The van der Waals surface area contributed by atoms with Crippen LogP contribution in [0.25, 0.3) is 0 Å². The molecule has 3 aliphatic rings. The summed E-state index contributed by atoms with van der Waals surface area (Å²) in [5, 5.41) is 10.8. The van der Waals surface area contributed by atoms with Gasteiger partial charge in [0.25, 0.3) is 0 Å². The fraction of sp³-hybridized carbons (Fsp3) is 0.731. The van der Waals surface area contributed by atoms with Crippen molar-refractivity contribution >= 4 is 17.5 Å². The van der Waals surface area contributed by atoms with Gasteiger partial charge in [-0.05, 0) is 30.6 Å². The minimum Gasteiger partial charge on any atom is -0.504 e. The van der Waals surface area contributed by atoms with Crippen LogP contribution in [0, 0.1) is 22.7 Å². The lowest BCUT2D eigenvalue weighted by molar-refractivity contribution is -0.180. The van der Waals surface area contributed by atoms with Gasteiger partial charge in [0, 0.05) is 41.6 Å². The molecule has 0 aliphatic heterocycles. The minimum atomic E-state index is -0.825. The maximum Gasteiger partial charge on any atom is 0.303 e. The van der Waals surface area contributed by atoms with Crippen molar-refractivity contribution in [3.8, 4) is 0 Å². The molecule has 0 aromatic heterocycles. The summed E-state index contributed by atoms with van der Waals surface area (Å²) in [6.07, 6.45) is 2.68. The number of ketones is 2. The van der Waals surface area contributed by atoms with Crippen molar-refractivity contribution in [1.82, 2.24) is 0 Å². The SMILES string of the molecule is CCCCO[C@H]1C2=C(C(=O)C(O)=C(C(C)C)C2=O)[C@@]2(C)CCCC(C)(C)C2[C@H]1OC(C)=O. The van der Waals surface area contributed by atoms with E-state index >= 15 is 0 Å². The van der Waals surface area contributed by atoms with Crippen LogP contribution < -0.4 is 0 Å². The number of hydrogen-bond acceptors (Lipinski definition) is 6. The van der Waals surface area contributed by atoms with Gasteiger partial charge in [0.15, 0.2) is 11.5 Å². The van der Waals surface area contributed by atoms with Crippen LogP contribution >= 0.6 is 0 Å². The molecule has 3 rings (SSSR count). The molecular formula is C26H38O6. The van der Waals surface area contributed by atoms with Crippen LogP contribution in [-0.4, -0.2) is 41.5 Å². The van der Waals surface area contributed by atoms with Crippen LogP contribution in [0.3, 0.4) is 0 Å². The van der Waals surface area contributed by atoms with Gasteiger partial charge in [-0.3, -0.25) is 14.4 Å². The number of aliphatic hydroxyl groups excluding tert-OH is 1. The van der Waals surface area contributed by atoms with Crippen LogP contribution in [0.5, 0.6) is 0 Å². The molecule has 6 nitrogen and oxygen atoms in total. The second kappa shape index (κ2) is 8.77. The molecule has 4 atom stereocenters. The number of fused-ring (bicyclic) bond motifs is 2. The lowest BCUT2D eigenvalue weighted by Gasteiger charge is -2.58. The van der Waals surface area contributed by atoms with E-state index in [1.54, 1.807) is 13.8 Å². The fourth-order valence-electron chi connectivity index (χ4n) is 6.47. The lowest BCUT2D eigenvalue weighted by atomic mass is 9.47. The summed E-state index contributed by atoms with van der Waals surface area (Å²) in [5.41, 5.74) is -0.178. The lowest BCUT2D eigenvalue weighted by Crippen LogP contribution is -2.61. The van der Waals surface area contributed by atoms with E-state index < -0.39 is 35.1 Å². The minimum absolute atomic E-state index is 0.122. The molecule has 0 bridgehead atoms. The van der Waals surface area contributed by atoms with Gasteiger partial charge in [0.1, 0.15) is 12.2 Å². The van der Waals surface area contributed by atoms with E-state index in [9.17, 15) is 19.5 Å². The predicted octanol–water partition coefficient (Wildman–Crippen LogP) is 4.87. The summed E-state index contributed by atoms with van der Waals surface area (Å²) in [6.45, 7) is 13.6. The molecule has 1 fully saturated rings. The summed E-state index contributed by atoms with van der Waals surface area (Å²) >= 11 is 0. The van der Waals surface area contributed by atoms with Gasteiger partial charge >= 0.3 is 5.97 Å². The highest BCUT2D eigenvalue weighted by Crippen LogP contribution is 2.62. The average molecular weight is 447 g/mol. The third kappa shape index (κ3) is 3.85. The first-order valence-electron chi connectivity index (χ1n) is 11.9. The number of allylic oxidation sites excluding steroid dienone is 2. The number of esters is 1. The van der Waals surface area contributed by atoms with E-state index in [0.717, 1.165) is 25.7 Å². The summed E-state index contributed by atoms with van der Waals surface area (Å²) in [4.78, 5) is 39.6. The van der Waals surface area contributed by atoms with E-state index in [1.165, 1.54) is 6.92 Å². The molecule has 0 aromatic carbocycles. The normalized spacial score (nSPS) is 32.2. The molecule has 0 amide bonds. The van der Waals surface area contributed by atoms with Crippen LogP contribution in [0.2, 0.25) is 0 Å². The van der Waals surface area contributed by atoms with Crippen molar-refractivity contribution in [2.24, 2.45) is 22.7 Å². The summed E-state index contributed by atoms with van der Waals surface area (Å²) < 4.78 is 12.2. The number of unbranched alkanes of at least 4 members (excludes halogenated alkanes) is 1. The Hall–Kier alpha value is -1.95. The Morgan fingerprint density at radius 1 is 1.16 bits per heavy atom. The van der Waals surface area contributed by atoms with Gasteiger partial charge in [-0.25, -0.2) is 0 Å². The van der Waals surface area contributed by atoms with Gasteiger partial charge in [-0.1, -0.05) is 54.4 Å². The van der Waals surface area contributed by atoms with E-state index in [1.807, 2.05) is 13.8 Å². The quantitative estimate of drug-likeness (QED) is 0.356. The summed E-state index contributed by atoms with van der Waals surface area (Å²) in [7, 11) is 0. The molecule has 1 N–H and O–H groups in total. The van der Waals surface area contributed by atoms with Crippen molar-refractivity contribution in [3.63, 3.8) is 0 Å². The number of aliphatic hydroxyl groups is 1. The maximum absolute atomic E-state index is 13.8. The topological polar surface area (TPSA) is 89.9 Å². The first-order valence-corrected chi connectivity index (χ1v) is 11.9. The zero-order chi connectivity index (χ0) is 24.0. The first kappa shape index (κ1) is 24.7. The zero-order valence-electron chi connectivity index (χ0n) is 20.5. The Bertz CT molecular complexity index is 877. The molecule has 0 saturated heterocycles. The number of Topliss-reactive ketones (excluding diaryl/α,β-unsaturated/α-hetero) is 2. The Morgan fingerprint density at radius 2 is 1.81 bits per heavy atom. The Kier molecular flexibility index (Phi) is 6.77. The van der Waals surface area contributed by atoms with Crippen molar-refractivity contribution in [2.45, 2.75) is 92.8 Å². The number of ether oxygens (including phenoxy) is 2. The van der Waals surface area contributed by atoms with Crippen molar-refractivity contribution in [1.29, 1.82) is 0 Å². The number of carbonyl (C=O) groups excluding carboxylic acids is 3.